The summed E-state index contributed by atoms with van der Waals surface area (Å²) in [6.45, 7) is 11.6. The summed E-state index contributed by atoms with van der Waals surface area (Å²) in [6.07, 6.45) is 0. The molecule has 0 aliphatic carbocycles. The number of anilines is 1. The predicted octanol–water partition coefficient (Wildman–Crippen LogP) is 1.77. The summed E-state index contributed by atoms with van der Waals surface area (Å²) in [5, 5.41) is 23.7. The van der Waals surface area contributed by atoms with Gasteiger partial charge in [0.1, 0.15) is 11.6 Å². The zero-order chi connectivity index (χ0) is 13.8. The van der Waals surface area contributed by atoms with Crippen LogP contribution in [0.3, 0.4) is 0 Å². The van der Waals surface area contributed by atoms with Crippen LogP contribution in [0.5, 0.6) is 0 Å². The number of hydrogen-bond donors (Lipinski definition) is 2. The van der Waals surface area contributed by atoms with E-state index >= 15 is 0 Å². The van der Waals surface area contributed by atoms with Gasteiger partial charge in [-0.15, -0.1) is 5.10 Å². The predicted molar refractivity (Wildman–Crippen MR) is 72.5 cm³/mol. The zero-order valence-electron chi connectivity index (χ0n) is 11.8. The van der Waals surface area contributed by atoms with Crippen LogP contribution in [0.2, 0.25) is 0 Å². The maximum atomic E-state index is 9.14. The van der Waals surface area contributed by atoms with E-state index in [0.29, 0.717) is 17.9 Å². The van der Waals surface area contributed by atoms with Crippen LogP contribution in [0, 0.1) is 25.2 Å². The molecule has 0 amide bonds. The van der Waals surface area contributed by atoms with Crippen molar-refractivity contribution in [3.8, 4) is 6.07 Å². The van der Waals surface area contributed by atoms with Gasteiger partial charge in [-0.3, -0.25) is 0 Å². The van der Waals surface area contributed by atoms with E-state index in [9.17, 15) is 0 Å². The molecule has 0 aliphatic heterocycles. The van der Waals surface area contributed by atoms with Gasteiger partial charge in [0.15, 0.2) is 5.82 Å². The number of hydrogen-bond acceptors (Lipinski definition) is 5. The Morgan fingerprint density at radius 1 is 1.17 bits per heavy atom. The summed E-state index contributed by atoms with van der Waals surface area (Å²) in [7, 11) is 0. The molecule has 0 aromatic carbocycles. The van der Waals surface area contributed by atoms with Crippen molar-refractivity contribution in [2.75, 3.05) is 18.4 Å². The molecule has 1 aromatic heterocycles. The lowest BCUT2D eigenvalue weighted by Gasteiger charge is -2.20. The minimum atomic E-state index is 0.0919. The van der Waals surface area contributed by atoms with E-state index in [4.69, 9.17) is 5.26 Å². The third-order valence-electron chi connectivity index (χ3n) is 2.64. The maximum Gasteiger partial charge on any atom is 0.166 e. The molecule has 0 saturated heterocycles. The van der Waals surface area contributed by atoms with Crippen LogP contribution in [0.4, 0.5) is 5.82 Å². The van der Waals surface area contributed by atoms with Crippen molar-refractivity contribution < 1.29 is 0 Å². The van der Waals surface area contributed by atoms with E-state index in [-0.39, 0.29) is 5.54 Å². The fourth-order valence-electron chi connectivity index (χ4n) is 1.49. The summed E-state index contributed by atoms with van der Waals surface area (Å²) in [5.41, 5.74) is 2.36. The molecule has 18 heavy (non-hydrogen) atoms. The van der Waals surface area contributed by atoms with E-state index < -0.39 is 0 Å². The minimum absolute atomic E-state index is 0.0919. The Balaban J connectivity index is 2.64. The van der Waals surface area contributed by atoms with Gasteiger partial charge in [0.25, 0.3) is 0 Å². The first-order chi connectivity index (χ1) is 8.35. The van der Waals surface area contributed by atoms with Gasteiger partial charge in [0.2, 0.25) is 0 Å². The topological polar surface area (TPSA) is 73.6 Å². The van der Waals surface area contributed by atoms with Crippen molar-refractivity contribution in [3.05, 3.63) is 16.8 Å². The molecule has 5 nitrogen and oxygen atoms in total. The molecular weight excluding hydrogens is 226 g/mol. The van der Waals surface area contributed by atoms with E-state index in [0.717, 1.165) is 17.8 Å². The lowest BCUT2D eigenvalue weighted by Crippen LogP contribution is -2.38. The van der Waals surface area contributed by atoms with Crippen molar-refractivity contribution >= 4 is 5.82 Å². The monoisotopic (exact) mass is 247 g/mol. The quantitative estimate of drug-likeness (QED) is 0.793. The summed E-state index contributed by atoms with van der Waals surface area (Å²) < 4.78 is 0. The van der Waals surface area contributed by atoms with E-state index in [2.05, 4.69) is 47.7 Å². The van der Waals surface area contributed by atoms with Crippen LogP contribution >= 0.6 is 0 Å². The minimum Gasteiger partial charge on any atom is -0.366 e. The van der Waals surface area contributed by atoms with Crippen molar-refractivity contribution in [3.63, 3.8) is 0 Å². The second kappa shape index (κ2) is 5.78. The van der Waals surface area contributed by atoms with Gasteiger partial charge < -0.3 is 10.6 Å². The maximum absolute atomic E-state index is 9.14. The SMILES string of the molecule is Cc1nnc(NCCNC(C)(C)C)c(C#N)c1C. The molecule has 1 heterocycles. The Morgan fingerprint density at radius 2 is 1.83 bits per heavy atom. The molecule has 1 aromatic rings. The van der Waals surface area contributed by atoms with E-state index in [1.165, 1.54) is 0 Å². The fourth-order valence-corrected chi connectivity index (χ4v) is 1.49. The Hall–Kier alpha value is -1.67. The number of nitrogens with one attached hydrogen (secondary N) is 2. The highest BCUT2D eigenvalue weighted by atomic mass is 15.2. The van der Waals surface area contributed by atoms with Crippen molar-refractivity contribution in [1.29, 1.82) is 5.26 Å². The van der Waals surface area contributed by atoms with Crippen LogP contribution < -0.4 is 10.6 Å². The van der Waals surface area contributed by atoms with Gasteiger partial charge in [0, 0.05) is 18.6 Å². The molecule has 0 spiro atoms. The molecule has 0 fully saturated rings. The number of aryl methyl sites for hydroxylation is 1. The van der Waals surface area contributed by atoms with Gasteiger partial charge in [-0.25, -0.2) is 0 Å². The first-order valence-corrected chi connectivity index (χ1v) is 6.08. The third kappa shape index (κ3) is 3.97. The average Bonchev–Trinajstić information content (AvgIpc) is 2.28. The Morgan fingerprint density at radius 3 is 2.39 bits per heavy atom. The van der Waals surface area contributed by atoms with Crippen LogP contribution in [-0.4, -0.2) is 28.8 Å². The van der Waals surface area contributed by atoms with Crippen molar-refractivity contribution in [2.24, 2.45) is 0 Å². The molecule has 2 N–H and O–H groups in total. The van der Waals surface area contributed by atoms with E-state index in [1.54, 1.807) is 0 Å². The van der Waals surface area contributed by atoms with Crippen molar-refractivity contribution in [1.82, 2.24) is 15.5 Å². The molecule has 98 valence electrons. The number of rotatable bonds is 4. The summed E-state index contributed by atoms with van der Waals surface area (Å²) in [5.74, 6) is 0.566. The zero-order valence-corrected chi connectivity index (χ0v) is 11.8. The lowest BCUT2D eigenvalue weighted by molar-refractivity contribution is 0.435. The highest BCUT2D eigenvalue weighted by Gasteiger charge is 2.11. The highest BCUT2D eigenvalue weighted by Crippen LogP contribution is 2.16. The second-order valence-electron chi connectivity index (χ2n) is 5.35. The molecule has 0 bridgehead atoms. The van der Waals surface area contributed by atoms with Crippen molar-refractivity contribution in [2.45, 2.75) is 40.2 Å². The molecule has 0 saturated carbocycles. The molecule has 0 unspecified atom stereocenters. The molecule has 0 aliphatic rings. The van der Waals surface area contributed by atoms with Gasteiger partial charge >= 0.3 is 0 Å². The summed E-state index contributed by atoms with van der Waals surface area (Å²) in [6, 6.07) is 2.18. The highest BCUT2D eigenvalue weighted by molar-refractivity contribution is 5.55. The molecule has 5 heteroatoms. The second-order valence-corrected chi connectivity index (χ2v) is 5.35. The first-order valence-electron chi connectivity index (χ1n) is 6.08. The largest absolute Gasteiger partial charge is 0.366 e. The lowest BCUT2D eigenvalue weighted by atomic mass is 10.1. The third-order valence-corrected chi connectivity index (χ3v) is 2.64. The van der Waals surface area contributed by atoms with Crippen LogP contribution in [-0.2, 0) is 0 Å². The molecular formula is C13H21N5. The number of nitriles is 1. The van der Waals surface area contributed by atoms with Crippen LogP contribution in [0.1, 0.15) is 37.6 Å². The van der Waals surface area contributed by atoms with Gasteiger partial charge in [0.05, 0.1) is 5.69 Å². The first kappa shape index (κ1) is 14.4. The van der Waals surface area contributed by atoms with Gasteiger partial charge in [-0.05, 0) is 40.2 Å². The van der Waals surface area contributed by atoms with Crippen LogP contribution in [0.15, 0.2) is 0 Å². The normalized spacial score (nSPS) is 11.1. The average molecular weight is 247 g/mol. The summed E-state index contributed by atoms with van der Waals surface area (Å²) >= 11 is 0. The Bertz CT molecular complexity index is 454. The molecule has 0 radical (unpaired) electrons. The molecule has 0 atom stereocenters. The molecule has 1 rings (SSSR count). The fraction of sp³-hybridized carbons (Fsp3) is 0.615. The van der Waals surface area contributed by atoms with Crippen LogP contribution in [0.25, 0.3) is 0 Å². The number of aromatic nitrogens is 2. The van der Waals surface area contributed by atoms with E-state index in [1.807, 2.05) is 13.8 Å². The Labute approximate surface area is 109 Å². The summed E-state index contributed by atoms with van der Waals surface area (Å²) in [4.78, 5) is 0. The Kier molecular flexibility index (Phi) is 4.62. The standard InChI is InChI=1S/C13H21N5/c1-9-10(2)17-18-12(11(9)8-14)15-6-7-16-13(3,4)5/h16H,6-7H2,1-5H3,(H,15,18). The smallest absolute Gasteiger partial charge is 0.166 e. The van der Waals surface area contributed by atoms with Gasteiger partial charge in [-0.1, -0.05) is 0 Å². The van der Waals surface area contributed by atoms with Gasteiger partial charge in [-0.2, -0.15) is 10.4 Å². The number of nitrogens with zero attached hydrogens (tertiary/aromatic N) is 3.